The Hall–Kier alpha value is -1.55. The second-order valence-electron chi connectivity index (χ2n) is 4.48. The fourth-order valence-corrected chi connectivity index (χ4v) is 1.75. The van der Waals surface area contributed by atoms with Crippen LogP contribution in [0.25, 0.3) is 0 Å². The molecule has 0 amide bonds. The van der Waals surface area contributed by atoms with Crippen LogP contribution in [0.15, 0.2) is 15.8 Å². The Morgan fingerprint density at radius 2 is 2.00 bits per heavy atom. The summed E-state index contributed by atoms with van der Waals surface area (Å²) in [5.41, 5.74) is -1.10. The first-order valence-electron chi connectivity index (χ1n) is 6.34. The van der Waals surface area contributed by atoms with Crippen LogP contribution >= 0.6 is 0 Å². The topological polar surface area (TPSA) is 114 Å². The molecule has 0 bridgehead atoms. The number of aliphatic hydroxyl groups is 3. The van der Waals surface area contributed by atoms with E-state index in [1.807, 2.05) is 0 Å². The molecule has 0 saturated carbocycles. The second-order valence-corrected chi connectivity index (χ2v) is 4.48. The summed E-state index contributed by atoms with van der Waals surface area (Å²) < 4.78 is 19.3. The number of nitrogens with zero attached hydrogens (tertiary/aromatic N) is 2. The second kappa shape index (κ2) is 8.03. The van der Waals surface area contributed by atoms with Gasteiger partial charge in [0.2, 0.25) is 0 Å². The molecule has 1 heterocycles. The predicted octanol–water partition coefficient (Wildman–Crippen LogP) is -2.02. The Morgan fingerprint density at radius 1 is 1.33 bits per heavy atom. The van der Waals surface area contributed by atoms with Gasteiger partial charge in [-0.25, -0.2) is 9.18 Å². The maximum Gasteiger partial charge on any atom is 0.332 e. The highest BCUT2D eigenvalue weighted by Crippen LogP contribution is 2.00. The third-order valence-corrected chi connectivity index (χ3v) is 2.94. The lowest BCUT2D eigenvalue weighted by atomic mass is 10.2. The SMILES string of the molecule is Cc1cn(CO[C@H](CO)C(O)CO)c(=O)n(CCF)c1=O. The van der Waals surface area contributed by atoms with E-state index >= 15 is 0 Å². The van der Waals surface area contributed by atoms with Crippen molar-refractivity contribution in [2.45, 2.75) is 32.4 Å². The van der Waals surface area contributed by atoms with E-state index in [4.69, 9.17) is 14.9 Å². The van der Waals surface area contributed by atoms with Crippen LogP contribution in [0.1, 0.15) is 5.56 Å². The number of alkyl halides is 1. The molecule has 1 rings (SSSR count). The molecule has 0 aliphatic carbocycles. The van der Waals surface area contributed by atoms with Crippen LogP contribution in [-0.4, -0.2) is 56.6 Å². The van der Waals surface area contributed by atoms with Crippen molar-refractivity contribution in [2.24, 2.45) is 0 Å². The van der Waals surface area contributed by atoms with E-state index < -0.39 is 43.3 Å². The zero-order chi connectivity index (χ0) is 16.0. The van der Waals surface area contributed by atoms with Crippen molar-refractivity contribution in [3.8, 4) is 0 Å². The third kappa shape index (κ3) is 4.21. The van der Waals surface area contributed by atoms with E-state index in [-0.39, 0.29) is 18.8 Å². The predicted molar refractivity (Wildman–Crippen MR) is 70.7 cm³/mol. The first-order chi connectivity index (χ1) is 9.96. The van der Waals surface area contributed by atoms with E-state index in [9.17, 15) is 19.1 Å². The minimum Gasteiger partial charge on any atom is -0.394 e. The fourth-order valence-electron chi connectivity index (χ4n) is 1.75. The normalized spacial score (nSPS) is 14.1. The van der Waals surface area contributed by atoms with E-state index in [2.05, 4.69) is 0 Å². The minimum absolute atomic E-state index is 0.231. The van der Waals surface area contributed by atoms with Gasteiger partial charge >= 0.3 is 5.69 Å². The maximum absolute atomic E-state index is 12.4. The van der Waals surface area contributed by atoms with Crippen molar-refractivity contribution in [2.75, 3.05) is 19.9 Å². The summed E-state index contributed by atoms with van der Waals surface area (Å²) in [5.74, 6) is 0. The molecule has 2 atom stereocenters. The van der Waals surface area contributed by atoms with Crippen molar-refractivity contribution < 1.29 is 24.4 Å². The maximum atomic E-state index is 12.4. The number of halogens is 1. The van der Waals surface area contributed by atoms with Gasteiger partial charge in [0, 0.05) is 11.8 Å². The van der Waals surface area contributed by atoms with Crippen molar-refractivity contribution >= 4 is 0 Å². The van der Waals surface area contributed by atoms with Gasteiger partial charge in [-0.2, -0.15) is 0 Å². The van der Waals surface area contributed by atoms with Crippen LogP contribution in [0.5, 0.6) is 0 Å². The molecular formula is C12H19FN2O6. The Balaban J connectivity index is 2.99. The van der Waals surface area contributed by atoms with Crippen molar-refractivity contribution in [1.82, 2.24) is 9.13 Å². The minimum atomic E-state index is -1.30. The summed E-state index contributed by atoms with van der Waals surface area (Å²) in [6.07, 6.45) is -1.13. The molecule has 3 N–H and O–H groups in total. The molecule has 1 aromatic rings. The van der Waals surface area contributed by atoms with Crippen LogP contribution in [0, 0.1) is 6.92 Å². The molecule has 1 aromatic heterocycles. The Morgan fingerprint density at radius 3 is 2.52 bits per heavy atom. The summed E-state index contributed by atoms with van der Waals surface area (Å²) >= 11 is 0. The molecule has 0 aromatic carbocycles. The average molecular weight is 306 g/mol. The largest absolute Gasteiger partial charge is 0.394 e. The van der Waals surface area contributed by atoms with Gasteiger partial charge in [-0.05, 0) is 6.92 Å². The van der Waals surface area contributed by atoms with Crippen LogP contribution in [0.3, 0.4) is 0 Å². The van der Waals surface area contributed by atoms with Crippen LogP contribution in [0.2, 0.25) is 0 Å². The highest BCUT2D eigenvalue weighted by molar-refractivity contribution is 5.02. The Labute approximate surface area is 119 Å². The smallest absolute Gasteiger partial charge is 0.332 e. The number of aliphatic hydroxyl groups excluding tert-OH is 3. The zero-order valence-electron chi connectivity index (χ0n) is 11.6. The molecule has 120 valence electrons. The standard InChI is InChI=1S/C12H19FN2O6/c1-8-4-14(7-21-10(6-17)9(18)5-16)12(20)15(3-2-13)11(8)19/h4,9-10,16-18H,2-3,5-7H2,1H3/t9?,10-/m1/s1. The summed E-state index contributed by atoms with van der Waals surface area (Å²) in [7, 11) is 0. The molecule has 21 heavy (non-hydrogen) atoms. The molecule has 8 nitrogen and oxygen atoms in total. The van der Waals surface area contributed by atoms with Crippen LogP contribution in [-0.2, 0) is 18.0 Å². The van der Waals surface area contributed by atoms with Gasteiger partial charge in [0.25, 0.3) is 5.56 Å². The van der Waals surface area contributed by atoms with Gasteiger partial charge in [0.1, 0.15) is 25.6 Å². The Kier molecular flexibility index (Phi) is 6.69. The molecule has 9 heteroatoms. The van der Waals surface area contributed by atoms with Gasteiger partial charge in [-0.1, -0.05) is 0 Å². The average Bonchev–Trinajstić information content (AvgIpc) is 2.48. The number of aryl methyl sites for hydroxylation is 1. The van der Waals surface area contributed by atoms with E-state index in [1.54, 1.807) is 0 Å². The monoisotopic (exact) mass is 306 g/mol. The number of hydrogen-bond acceptors (Lipinski definition) is 6. The molecule has 0 saturated heterocycles. The van der Waals surface area contributed by atoms with Crippen molar-refractivity contribution in [3.05, 3.63) is 32.6 Å². The lowest BCUT2D eigenvalue weighted by molar-refractivity contribution is -0.102. The first kappa shape index (κ1) is 17.5. The van der Waals surface area contributed by atoms with Crippen molar-refractivity contribution in [3.63, 3.8) is 0 Å². The van der Waals surface area contributed by atoms with E-state index in [0.717, 1.165) is 9.13 Å². The summed E-state index contributed by atoms with van der Waals surface area (Å²) in [5, 5.41) is 27.2. The number of aromatic nitrogens is 2. The van der Waals surface area contributed by atoms with E-state index in [0.29, 0.717) is 0 Å². The van der Waals surface area contributed by atoms with Gasteiger partial charge in [0.05, 0.1) is 19.8 Å². The number of ether oxygens (including phenoxy) is 1. The summed E-state index contributed by atoms with van der Waals surface area (Å²) in [6.45, 7) is -1.27. The first-order valence-corrected chi connectivity index (χ1v) is 6.34. The van der Waals surface area contributed by atoms with E-state index in [1.165, 1.54) is 13.1 Å². The van der Waals surface area contributed by atoms with Gasteiger partial charge in [-0.15, -0.1) is 0 Å². The zero-order valence-corrected chi connectivity index (χ0v) is 11.6. The van der Waals surface area contributed by atoms with Gasteiger partial charge in [-0.3, -0.25) is 13.9 Å². The van der Waals surface area contributed by atoms with Crippen LogP contribution < -0.4 is 11.2 Å². The molecule has 0 aliphatic rings. The fraction of sp³-hybridized carbons (Fsp3) is 0.667. The highest BCUT2D eigenvalue weighted by Gasteiger charge is 2.19. The summed E-state index contributed by atoms with van der Waals surface area (Å²) in [4.78, 5) is 23.7. The molecular weight excluding hydrogens is 287 g/mol. The van der Waals surface area contributed by atoms with Crippen LogP contribution in [0.4, 0.5) is 4.39 Å². The lowest BCUT2D eigenvalue weighted by Crippen LogP contribution is -2.43. The highest BCUT2D eigenvalue weighted by atomic mass is 19.1. The molecule has 1 unspecified atom stereocenters. The summed E-state index contributed by atoms with van der Waals surface area (Å²) in [6, 6.07) is 0. The lowest BCUT2D eigenvalue weighted by Gasteiger charge is -2.20. The molecule has 0 radical (unpaired) electrons. The quantitative estimate of drug-likeness (QED) is 0.511. The molecule has 0 spiro atoms. The van der Waals surface area contributed by atoms with Gasteiger partial charge in [0.15, 0.2) is 0 Å². The third-order valence-electron chi connectivity index (χ3n) is 2.94. The number of hydrogen-bond donors (Lipinski definition) is 3. The molecule has 0 aliphatic heterocycles. The van der Waals surface area contributed by atoms with Gasteiger partial charge < -0.3 is 20.1 Å². The molecule has 0 fully saturated rings. The number of rotatable bonds is 8. The Bertz CT molecular complexity index is 570. The van der Waals surface area contributed by atoms with Crippen molar-refractivity contribution in [1.29, 1.82) is 0 Å².